The second kappa shape index (κ2) is 5.82. The molecule has 5 heteroatoms. The van der Waals surface area contributed by atoms with Gasteiger partial charge in [-0.25, -0.2) is 0 Å². The summed E-state index contributed by atoms with van der Waals surface area (Å²) < 4.78 is 17.5. The minimum Gasteiger partial charge on any atom is -0.469 e. The minimum atomic E-state index is -0.674. The van der Waals surface area contributed by atoms with Gasteiger partial charge in [-0.05, 0) is 51.9 Å². The van der Waals surface area contributed by atoms with Gasteiger partial charge in [-0.3, -0.25) is 9.59 Å². The average Bonchev–Trinajstić information content (AvgIpc) is 2.51. The molecule has 0 aromatic rings. The third-order valence-corrected chi connectivity index (χ3v) is 7.36. The molecule has 0 amide bonds. The third-order valence-electron chi connectivity index (χ3n) is 7.36. The van der Waals surface area contributed by atoms with Gasteiger partial charge in [0.25, 0.3) is 0 Å². The van der Waals surface area contributed by atoms with Crippen LogP contribution in [0.3, 0.4) is 0 Å². The van der Waals surface area contributed by atoms with Gasteiger partial charge < -0.3 is 14.2 Å². The normalized spacial score (nSPS) is 45.3. The lowest BCUT2D eigenvalue weighted by molar-refractivity contribution is -0.295. The van der Waals surface area contributed by atoms with Crippen molar-refractivity contribution in [3.63, 3.8) is 0 Å². The van der Waals surface area contributed by atoms with Gasteiger partial charge in [-0.15, -0.1) is 6.58 Å². The predicted octanol–water partition coefficient (Wildman–Crippen LogP) is 3.66. The molecular formula is C21H32O5. The lowest BCUT2D eigenvalue weighted by Gasteiger charge is -2.65. The van der Waals surface area contributed by atoms with Crippen LogP contribution in [0.5, 0.6) is 0 Å². The van der Waals surface area contributed by atoms with Crippen LogP contribution in [0, 0.1) is 22.7 Å². The van der Waals surface area contributed by atoms with Crippen molar-refractivity contribution in [2.45, 2.75) is 77.6 Å². The van der Waals surface area contributed by atoms with E-state index < -0.39 is 16.6 Å². The van der Waals surface area contributed by atoms with Gasteiger partial charge in [-0.2, -0.15) is 0 Å². The maximum Gasteiger partial charge on any atom is 0.311 e. The van der Waals surface area contributed by atoms with Crippen molar-refractivity contribution in [1.82, 2.24) is 0 Å². The van der Waals surface area contributed by atoms with Crippen molar-refractivity contribution in [1.29, 1.82) is 0 Å². The molecule has 6 atom stereocenters. The topological polar surface area (TPSA) is 61.8 Å². The molecule has 1 saturated carbocycles. The number of esters is 2. The zero-order valence-electron chi connectivity index (χ0n) is 16.9. The lowest BCUT2D eigenvalue weighted by Crippen LogP contribution is -2.69. The van der Waals surface area contributed by atoms with E-state index in [9.17, 15) is 9.59 Å². The molecule has 3 aliphatic rings. The summed E-state index contributed by atoms with van der Waals surface area (Å²) in [6, 6.07) is 0. The Morgan fingerprint density at radius 2 is 2.00 bits per heavy atom. The van der Waals surface area contributed by atoms with Gasteiger partial charge in [0.15, 0.2) is 0 Å². The molecule has 0 spiro atoms. The van der Waals surface area contributed by atoms with Crippen LogP contribution in [0.15, 0.2) is 12.7 Å². The molecule has 1 aliphatic carbocycles. The second-order valence-corrected chi connectivity index (χ2v) is 9.63. The first kappa shape index (κ1) is 19.4. The molecule has 2 saturated heterocycles. The van der Waals surface area contributed by atoms with Gasteiger partial charge in [0.05, 0.1) is 30.1 Å². The van der Waals surface area contributed by atoms with Crippen LogP contribution < -0.4 is 0 Å². The molecule has 0 bridgehead atoms. The molecule has 0 radical (unpaired) electrons. The second-order valence-electron chi connectivity index (χ2n) is 9.63. The zero-order chi connectivity index (χ0) is 19.5. The van der Waals surface area contributed by atoms with Gasteiger partial charge in [0, 0.05) is 12.3 Å². The quantitative estimate of drug-likeness (QED) is 0.565. The molecule has 0 N–H and O–H groups in total. The van der Waals surface area contributed by atoms with Gasteiger partial charge in [0.2, 0.25) is 0 Å². The summed E-state index contributed by atoms with van der Waals surface area (Å²) in [7, 11) is 1.43. The van der Waals surface area contributed by atoms with Crippen LogP contribution in [-0.4, -0.2) is 36.4 Å². The van der Waals surface area contributed by atoms with E-state index in [2.05, 4.69) is 20.4 Å². The summed E-state index contributed by atoms with van der Waals surface area (Å²) in [5.74, 6) is -0.344. The maximum atomic E-state index is 12.5. The van der Waals surface area contributed by atoms with E-state index in [0.717, 1.165) is 12.8 Å². The third kappa shape index (κ3) is 2.62. The maximum absolute atomic E-state index is 12.5. The van der Waals surface area contributed by atoms with Gasteiger partial charge in [-0.1, -0.05) is 13.0 Å². The predicted molar refractivity (Wildman–Crippen MR) is 97.3 cm³/mol. The Labute approximate surface area is 156 Å². The Morgan fingerprint density at radius 3 is 2.58 bits per heavy atom. The first-order chi connectivity index (χ1) is 11.9. The van der Waals surface area contributed by atoms with Crippen LogP contribution in [0.2, 0.25) is 0 Å². The van der Waals surface area contributed by atoms with Gasteiger partial charge in [0.1, 0.15) is 6.10 Å². The Bertz CT molecular complexity index is 640. The summed E-state index contributed by atoms with van der Waals surface area (Å²) in [4.78, 5) is 25.1. The largest absolute Gasteiger partial charge is 0.469 e. The van der Waals surface area contributed by atoms with E-state index in [1.807, 2.05) is 26.8 Å². The molecule has 146 valence electrons. The summed E-state index contributed by atoms with van der Waals surface area (Å²) in [5.41, 5.74) is -1.98. The van der Waals surface area contributed by atoms with E-state index in [0.29, 0.717) is 12.8 Å². The SMILES string of the molecule is C=C[C@@]1(C)C[C@@H]2OC(=O)C[C@]3(C)[C@@H](C(C)(C)C(=O)OC)CC[C@](C)(O1)[C@H]23. The fourth-order valence-electron chi connectivity index (χ4n) is 6.43. The molecule has 0 aromatic heterocycles. The van der Waals surface area contributed by atoms with Crippen molar-refractivity contribution in [2.75, 3.05) is 7.11 Å². The average molecular weight is 364 g/mol. The van der Waals surface area contributed by atoms with E-state index in [-0.39, 0.29) is 35.3 Å². The zero-order valence-corrected chi connectivity index (χ0v) is 16.9. The first-order valence-corrected chi connectivity index (χ1v) is 9.53. The molecule has 0 unspecified atom stereocenters. The highest BCUT2D eigenvalue weighted by molar-refractivity contribution is 5.77. The standard InChI is InChI=1S/C21H32O5/c1-8-19(4)11-13-16-20(5,12-15(22)25-13)14(9-10-21(16,6)26-19)18(2,3)17(23)24-7/h8,13-14,16H,1,9-12H2,2-7H3/t13-,14+,16+,19-,20+,21-/m0/s1. The summed E-state index contributed by atoms with van der Waals surface area (Å²) >= 11 is 0. The molecule has 5 nitrogen and oxygen atoms in total. The number of carbonyl (C=O) groups is 2. The van der Waals surface area contributed by atoms with Crippen LogP contribution in [0.1, 0.15) is 60.3 Å². The van der Waals surface area contributed by atoms with Crippen LogP contribution in [-0.2, 0) is 23.8 Å². The van der Waals surface area contributed by atoms with E-state index in [1.165, 1.54) is 7.11 Å². The van der Waals surface area contributed by atoms with Crippen LogP contribution in [0.25, 0.3) is 0 Å². The fourth-order valence-corrected chi connectivity index (χ4v) is 6.43. The monoisotopic (exact) mass is 364 g/mol. The molecule has 2 aliphatic heterocycles. The summed E-state index contributed by atoms with van der Waals surface area (Å²) in [6.45, 7) is 14.1. The molecule has 2 heterocycles. The Morgan fingerprint density at radius 1 is 1.35 bits per heavy atom. The Balaban J connectivity index is 2.08. The minimum absolute atomic E-state index is 0.0209. The number of rotatable bonds is 3. The van der Waals surface area contributed by atoms with Crippen molar-refractivity contribution in [2.24, 2.45) is 22.7 Å². The van der Waals surface area contributed by atoms with Crippen molar-refractivity contribution >= 4 is 11.9 Å². The van der Waals surface area contributed by atoms with E-state index in [1.54, 1.807) is 0 Å². The summed E-state index contributed by atoms with van der Waals surface area (Å²) in [6.07, 6.45) is 4.12. The lowest BCUT2D eigenvalue weighted by atomic mass is 9.46. The molecule has 3 fully saturated rings. The van der Waals surface area contributed by atoms with Gasteiger partial charge >= 0.3 is 11.9 Å². The Kier molecular flexibility index (Phi) is 4.34. The van der Waals surface area contributed by atoms with Crippen LogP contribution >= 0.6 is 0 Å². The number of carbonyl (C=O) groups excluding carboxylic acids is 2. The highest BCUT2D eigenvalue weighted by Gasteiger charge is 2.67. The van der Waals surface area contributed by atoms with Crippen LogP contribution in [0.4, 0.5) is 0 Å². The van der Waals surface area contributed by atoms with E-state index in [4.69, 9.17) is 14.2 Å². The van der Waals surface area contributed by atoms with Crippen molar-refractivity contribution < 1.29 is 23.8 Å². The molecule has 26 heavy (non-hydrogen) atoms. The number of hydrogen-bond acceptors (Lipinski definition) is 5. The molecule has 3 rings (SSSR count). The highest BCUT2D eigenvalue weighted by atomic mass is 16.6. The summed E-state index contributed by atoms with van der Waals surface area (Å²) in [5, 5.41) is 0. The number of methoxy groups -OCH3 is 1. The smallest absolute Gasteiger partial charge is 0.311 e. The number of hydrogen-bond donors (Lipinski definition) is 0. The van der Waals surface area contributed by atoms with Crippen molar-refractivity contribution in [3.05, 3.63) is 12.7 Å². The molecule has 0 aromatic carbocycles. The fraction of sp³-hybridized carbons (Fsp3) is 0.810. The highest BCUT2D eigenvalue weighted by Crippen LogP contribution is 2.64. The van der Waals surface area contributed by atoms with E-state index >= 15 is 0 Å². The number of ether oxygens (including phenoxy) is 3. The first-order valence-electron chi connectivity index (χ1n) is 9.53. The molecular weight excluding hydrogens is 332 g/mol. The van der Waals surface area contributed by atoms with Crippen molar-refractivity contribution in [3.8, 4) is 0 Å². The Hall–Kier alpha value is -1.36.